The number of anilines is 2. The van der Waals surface area contributed by atoms with Gasteiger partial charge in [0.25, 0.3) is 5.91 Å². The number of nitrogens with one attached hydrogen (secondary N) is 2. The molecule has 1 atom stereocenters. The number of benzene rings is 3. The summed E-state index contributed by atoms with van der Waals surface area (Å²) in [7, 11) is 6.92. The third kappa shape index (κ3) is 7.85. The molecule has 1 heterocycles. The van der Waals surface area contributed by atoms with Crippen molar-refractivity contribution in [3.8, 4) is 17.0 Å². The Balaban J connectivity index is 0.000000225. The van der Waals surface area contributed by atoms with E-state index in [1.54, 1.807) is 48.3 Å². The van der Waals surface area contributed by atoms with Crippen LogP contribution < -0.4 is 20.3 Å². The number of carbonyl (C=O) groups is 2. The van der Waals surface area contributed by atoms with Gasteiger partial charge in [-0.2, -0.15) is 0 Å². The minimum Gasteiger partial charge on any atom is -0.496 e. The molecule has 0 aliphatic rings. The predicted molar refractivity (Wildman–Crippen MR) is 155 cm³/mol. The van der Waals surface area contributed by atoms with Gasteiger partial charge in [0.1, 0.15) is 11.3 Å². The van der Waals surface area contributed by atoms with Crippen LogP contribution in [0.3, 0.4) is 0 Å². The molecule has 4 N–H and O–H groups in total. The van der Waals surface area contributed by atoms with Crippen molar-refractivity contribution in [3.05, 3.63) is 102 Å². The van der Waals surface area contributed by atoms with Gasteiger partial charge in [-0.05, 0) is 36.9 Å². The summed E-state index contributed by atoms with van der Waals surface area (Å²) < 4.78 is 5.19. The number of amides is 1. The average Bonchev–Trinajstić information content (AvgIpc) is 2.97. The van der Waals surface area contributed by atoms with E-state index >= 15 is 0 Å². The topological polar surface area (TPSA) is 137 Å². The highest BCUT2D eigenvalue weighted by Crippen LogP contribution is 2.23. The molecule has 0 bridgehead atoms. The van der Waals surface area contributed by atoms with Crippen LogP contribution in [0.15, 0.2) is 85.1 Å². The summed E-state index contributed by atoms with van der Waals surface area (Å²) >= 11 is 0. The molecule has 0 saturated heterocycles. The third-order valence-electron chi connectivity index (χ3n) is 5.73. The number of nitrogens with zero attached hydrogens (tertiary/aromatic N) is 3. The van der Waals surface area contributed by atoms with Gasteiger partial charge >= 0.3 is 5.97 Å². The maximum Gasteiger partial charge on any atom is 0.339 e. The number of likely N-dealkylation sites (N-methyl/N-ethyl adjacent to an activating group) is 1. The Kier molecular flexibility index (Phi) is 10.7. The van der Waals surface area contributed by atoms with E-state index in [0.717, 1.165) is 11.1 Å². The molecule has 0 aliphatic carbocycles. The molecule has 1 aromatic heterocycles. The van der Waals surface area contributed by atoms with Gasteiger partial charge in [0.15, 0.2) is 0 Å². The second-order valence-electron chi connectivity index (χ2n) is 8.85. The normalized spacial score (nSPS) is 11.0. The Hall–Kier alpha value is -4.80. The van der Waals surface area contributed by atoms with E-state index in [-0.39, 0.29) is 11.5 Å². The Morgan fingerprint density at radius 2 is 1.68 bits per heavy atom. The molecular weight excluding hydrogens is 510 g/mol. The fraction of sp³-hybridized carbons (Fsp3) is 0.200. The van der Waals surface area contributed by atoms with Crippen molar-refractivity contribution >= 4 is 23.5 Å². The van der Waals surface area contributed by atoms with E-state index in [9.17, 15) is 14.7 Å². The van der Waals surface area contributed by atoms with Gasteiger partial charge in [-0.25, -0.2) is 14.8 Å². The van der Waals surface area contributed by atoms with E-state index in [1.807, 2.05) is 56.6 Å². The molecule has 10 heteroatoms. The van der Waals surface area contributed by atoms with E-state index in [4.69, 9.17) is 9.84 Å². The molecule has 1 amide bonds. The number of aliphatic hydroxyl groups is 1. The summed E-state index contributed by atoms with van der Waals surface area (Å²) in [6.45, 7) is 0.448. The molecule has 0 spiro atoms. The Bertz CT molecular complexity index is 1430. The summed E-state index contributed by atoms with van der Waals surface area (Å²) in [6, 6.07) is 23.4. The van der Waals surface area contributed by atoms with Gasteiger partial charge in [0, 0.05) is 38.1 Å². The largest absolute Gasteiger partial charge is 0.496 e. The van der Waals surface area contributed by atoms with Crippen molar-refractivity contribution in [1.82, 2.24) is 15.3 Å². The first-order valence-corrected chi connectivity index (χ1v) is 12.4. The number of para-hydroxylation sites is 1. The lowest BCUT2D eigenvalue weighted by molar-refractivity contribution is 0.0696. The van der Waals surface area contributed by atoms with E-state index < -0.39 is 12.1 Å². The average molecular weight is 544 g/mol. The summed E-state index contributed by atoms with van der Waals surface area (Å²) in [4.78, 5) is 33.6. The SMILES string of the molecule is CN(C)c1ncc(C(=O)O)c(-c2ccccc2)n1.CNCC(O)c1cccc(NC(=O)c2ccccc2OC)c1. The van der Waals surface area contributed by atoms with E-state index in [2.05, 4.69) is 20.6 Å². The molecule has 40 heavy (non-hydrogen) atoms. The number of hydrogen-bond donors (Lipinski definition) is 4. The number of carboxylic acid groups (broad SMARTS) is 1. The first-order chi connectivity index (χ1) is 19.2. The Morgan fingerprint density at radius 1 is 0.975 bits per heavy atom. The molecule has 0 saturated carbocycles. The smallest absolute Gasteiger partial charge is 0.339 e. The van der Waals surface area contributed by atoms with Gasteiger partial charge in [-0.15, -0.1) is 0 Å². The quantitative estimate of drug-likeness (QED) is 0.246. The summed E-state index contributed by atoms with van der Waals surface area (Å²) in [5.41, 5.74) is 3.14. The highest BCUT2D eigenvalue weighted by molar-refractivity contribution is 6.06. The van der Waals surface area contributed by atoms with Crippen LogP contribution in [-0.2, 0) is 0 Å². The zero-order valence-electron chi connectivity index (χ0n) is 22.8. The molecule has 0 fully saturated rings. The number of carboxylic acids is 1. The second kappa shape index (κ2) is 14.4. The lowest BCUT2D eigenvalue weighted by Gasteiger charge is -2.13. The fourth-order valence-corrected chi connectivity index (χ4v) is 3.73. The number of rotatable bonds is 9. The molecule has 0 radical (unpaired) electrons. The van der Waals surface area contributed by atoms with Gasteiger partial charge in [-0.3, -0.25) is 4.79 Å². The van der Waals surface area contributed by atoms with Crippen molar-refractivity contribution in [2.24, 2.45) is 0 Å². The predicted octanol–water partition coefficient (Wildman–Crippen LogP) is 4.11. The molecule has 0 aliphatic heterocycles. The van der Waals surface area contributed by atoms with E-state index in [0.29, 0.717) is 35.2 Å². The lowest BCUT2D eigenvalue weighted by atomic mass is 10.1. The maximum absolute atomic E-state index is 12.3. The van der Waals surface area contributed by atoms with Crippen molar-refractivity contribution in [1.29, 1.82) is 0 Å². The third-order valence-corrected chi connectivity index (χ3v) is 5.73. The molecule has 4 rings (SSSR count). The standard InChI is InChI=1S/C17H20N2O3.C13H13N3O2/c1-18-11-15(20)12-6-5-7-13(10-12)19-17(21)14-8-3-4-9-16(14)22-2;1-16(2)13-14-8-10(12(17)18)11(15-13)9-6-4-3-5-7-9/h3-10,15,18,20H,11H2,1-2H3,(H,19,21);3-8H,1-2H3,(H,17,18). The number of carbonyl (C=O) groups excluding carboxylic acids is 1. The molecular formula is C30H33N5O5. The number of methoxy groups -OCH3 is 1. The minimum absolute atomic E-state index is 0.104. The van der Waals surface area contributed by atoms with Crippen LogP contribution in [0.1, 0.15) is 32.4 Å². The first kappa shape index (κ1) is 29.8. The van der Waals surface area contributed by atoms with Gasteiger partial charge in [0.05, 0.1) is 24.5 Å². The van der Waals surface area contributed by atoms with Crippen molar-refractivity contribution in [2.45, 2.75) is 6.10 Å². The lowest BCUT2D eigenvalue weighted by Crippen LogP contribution is -2.17. The van der Waals surface area contributed by atoms with Crippen LogP contribution in [0.4, 0.5) is 11.6 Å². The Morgan fingerprint density at radius 3 is 2.33 bits per heavy atom. The minimum atomic E-state index is -1.03. The number of hydrogen-bond acceptors (Lipinski definition) is 8. The molecule has 3 aromatic carbocycles. The number of aromatic carboxylic acids is 1. The highest BCUT2D eigenvalue weighted by Gasteiger charge is 2.16. The van der Waals surface area contributed by atoms with Crippen LogP contribution in [0.5, 0.6) is 5.75 Å². The Labute approximate surface area is 233 Å². The number of ether oxygens (including phenoxy) is 1. The monoisotopic (exact) mass is 543 g/mol. The maximum atomic E-state index is 12.3. The van der Waals surface area contributed by atoms with Crippen molar-refractivity contribution in [3.63, 3.8) is 0 Å². The zero-order valence-corrected chi connectivity index (χ0v) is 22.8. The summed E-state index contributed by atoms with van der Waals surface area (Å²) in [5, 5.41) is 24.9. The van der Waals surface area contributed by atoms with Crippen LogP contribution in [0.2, 0.25) is 0 Å². The van der Waals surface area contributed by atoms with Crippen molar-refractivity contribution in [2.75, 3.05) is 45.0 Å². The summed E-state index contributed by atoms with van der Waals surface area (Å²) in [5.74, 6) is -0.276. The van der Waals surface area contributed by atoms with Crippen LogP contribution in [0.25, 0.3) is 11.3 Å². The van der Waals surface area contributed by atoms with Crippen LogP contribution in [-0.4, -0.2) is 66.9 Å². The van der Waals surface area contributed by atoms with Gasteiger partial charge in [-0.1, -0.05) is 54.6 Å². The van der Waals surface area contributed by atoms with E-state index in [1.165, 1.54) is 13.3 Å². The molecule has 10 nitrogen and oxygen atoms in total. The number of aliphatic hydroxyl groups excluding tert-OH is 1. The second-order valence-corrected chi connectivity index (χ2v) is 8.85. The zero-order chi connectivity index (χ0) is 29.1. The molecule has 1 unspecified atom stereocenters. The molecule has 4 aromatic rings. The van der Waals surface area contributed by atoms with Gasteiger partial charge in [0.2, 0.25) is 5.95 Å². The van der Waals surface area contributed by atoms with Gasteiger partial charge < -0.3 is 30.5 Å². The number of aromatic nitrogens is 2. The highest BCUT2D eigenvalue weighted by atomic mass is 16.5. The van der Waals surface area contributed by atoms with Crippen molar-refractivity contribution < 1.29 is 24.5 Å². The first-order valence-electron chi connectivity index (χ1n) is 12.4. The van der Waals surface area contributed by atoms with Crippen LogP contribution >= 0.6 is 0 Å². The fourth-order valence-electron chi connectivity index (χ4n) is 3.73. The summed E-state index contributed by atoms with van der Waals surface area (Å²) in [6.07, 6.45) is 0.723. The van der Waals surface area contributed by atoms with Crippen LogP contribution in [0, 0.1) is 0 Å². The molecule has 208 valence electrons.